The van der Waals surface area contributed by atoms with Crippen LogP contribution in [0.2, 0.25) is 10.0 Å². The van der Waals surface area contributed by atoms with Gasteiger partial charge in [0.05, 0.1) is 37.7 Å². The van der Waals surface area contributed by atoms with Crippen LogP contribution in [0.15, 0.2) is 30.7 Å². The molecule has 0 unspecified atom stereocenters. The van der Waals surface area contributed by atoms with Gasteiger partial charge in [-0.3, -0.25) is 9.97 Å². The lowest BCUT2D eigenvalue weighted by atomic mass is 10.0. The van der Waals surface area contributed by atoms with Crippen molar-refractivity contribution in [3.8, 4) is 11.3 Å². The SMILES string of the molecule is CC(C)(C)[S@](=O)N[C@H](c1ccc(-c2cnccn2)c(Cl)c1Cl)C(F)(F)F. The fraction of sp³-hybridized carbons (Fsp3) is 0.375. The first-order chi connectivity index (χ1) is 11.9. The number of halogens is 5. The molecule has 1 aromatic carbocycles. The second-order valence-corrected chi connectivity index (χ2v) is 9.15. The maximum absolute atomic E-state index is 13.6. The number of hydrogen-bond acceptors (Lipinski definition) is 3. The molecule has 0 amide bonds. The zero-order chi connectivity index (χ0) is 19.7. The topological polar surface area (TPSA) is 54.9 Å². The van der Waals surface area contributed by atoms with E-state index in [2.05, 4.69) is 14.7 Å². The molecule has 4 nitrogen and oxygen atoms in total. The molecule has 0 spiro atoms. The van der Waals surface area contributed by atoms with Crippen molar-refractivity contribution in [3.63, 3.8) is 0 Å². The van der Waals surface area contributed by atoms with Gasteiger partial charge in [0.1, 0.15) is 6.04 Å². The highest BCUT2D eigenvalue weighted by atomic mass is 35.5. The van der Waals surface area contributed by atoms with Crippen LogP contribution in [0, 0.1) is 0 Å². The van der Waals surface area contributed by atoms with Crippen molar-refractivity contribution in [1.29, 1.82) is 0 Å². The molecule has 2 atom stereocenters. The minimum atomic E-state index is -4.72. The van der Waals surface area contributed by atoms with Crippen LogP contribution in [0.1, 0.15) is 32.4 Å². The zero-order valence-electron chi connectivity index (χ0n) is 14.1. The Morgan fingerprint density at radius 3 is 2.27 bits per heavy atom. The van der Waals surface area contributed by atoms with E-state index < -0.39 is 28.0 Å². The van der Waals surface area contributed by atoms with Crippen molar-refractivity contribution >= 4 is 34.2 Å². The summed E-state index contributed by atoms with van der Waals surface area (Å²) in [5, 5.41) is -0.363. The second kappa shape index (κ2) is 7.80. The average Bonchev–Trinajstić information content (AvgIpc) is 2.54. The number of rotatable bonds is 4. The van der Waals surface area contributed by atoms with Crippen molar-refractivity contribution < 1.29 is 17.4 Å². The molecular weight excluding hydrogens is 410 g/mol. The normalized spacial score (nSPS) is 14.9. The second-order valence-electron chi connectivity index (χ2n) is 6.39. The molecule has 2 rings (SSSR count). The molecule has 0 aliphatic rings. The predicted octanol–water partition coefficient (Wildman–Crippen LogP) is 5.11. The van der Waals surface area contributed by atoms with Gasteiger partial charge in [-0.15, -0.1) is 0 Å². The number of aromatic nitrogens is 2. The fourth-order valence-electron chi connectivity index (χ4n) is 2.01. The molecule has 142 valence electrons. The van der Waals surface area contributed by atoms with Gasteiger partial charge in [-0.2, -0.15) is 13.2 Å². The van der Waals surface area contributed by atoms with E-state index in [4.69, 9.17) is 23.2 Å². The van der Waals surface area contributed by atoms with Gasteiger partial charge in [0.25, 0.3) is 0 Å². The Hall–Kier alpha value is -1.22. The largest absolute Gasteiger partial charge is 0.408 e. The van der Waals surface area contributed by atoms with Gasteiger partial charge in [-0.25, -0.2) is 8.93 Å². The molecular formula is C16H16Cl2F3N3OS. The van der Waals surface area contributed by atoms with Crippen molar-refractivity contribution in [2.45, 2.75) is 37.7 Å². The summed E-state index contributed by atoms with van der Waals surface area (Å²) in [4.78, 5) is 7.96. The van der Waals surface area contributed by atoms with E-state index in [-0.39, 0.29) is 15.6 Å². The van der Waals surface area contributed by atoms with Gasteiger partial charge in [0.15, 0.2) is 0 Å². The first-order valence-electron chi connectivity index (χ1n) is 7.42. The first kappa shape index (κ1) is 21.1. The molecule has 0 radical (unpaired) electrons. The molecule has 0 bridgehead atoms. The maximum Gasteiger partial charge on any atom is 0.408 e. The van der Waals surface area contributed by atoms with Crippen LogP contribution < -0.4 is 4.72 Å². The lowest BCUT2D eigenvalue weighted by Gasteiger charge is -2.27. The molecule has 2 aromatic rings. The van der Waals surface area contributed by atoms with E-state index in [1.54, 1.807) is 20.8 Å². The number of hydrogen-bond donors (Lipinski definition) is 1. The van der Waals surface area contributed by atoms with Crippen molar-refractivity contribution in [3.05, 3.63) is 46.3 Å². The Morgan fingerprint density at radius 1 is 1.12 bits per heavy atom. The molecule has 1 aromatic heterocycles. The molecule has 1 N–H and O–H groups in total. The summed E-state index contributed by atoms with van der Waals surface area (Å²) in [7, 11) is -1.96. The minimum absolute atomic E-state index is 0.0812. The molecule has 0 saturated carbocycles. The van der Waals surface area contributed by atoms with Gasteiger partial charge < -0.3 is 0 Å². The Morgan fingerprint density at radius 2 is 1.77 bits per heavy atom. The number of nitrogens with one attached hydrogen (secondary N) is 1. The summed E-state index contributed by atoms with van der Waals surface area (Å²) in [5.74, 6) is 0. The van der Waals surface area contributed by atoms with Gasteiger partial charge >= 0.3 is 6.18 Å². The van der Waals surface area contributed by atoms with Crippen LogP contribution in [-0.4, -0.2) is 25.1 Å². The molecule has 0 aliphatic carbocycles. The monoisotopic (exact) mass is 425 g/mol. The molecule has 1 heterocycles. The summed E-state index contributed by atoms with van der Waals surface area (Å²) < 4.78 is 54.1. The third-order valence-electron chi connectivity index (χ3n) is 3.37. The lowest BCUT2D eigenvalue weighted by molar-refractivity contribution is -0.152. The summed E-state index contributed by atoms with van der Waals surface area (Å²) in [5.41, 5.74) is 0.418. The van der Waals surface area contributed by atoms with E-state index in [0.29, 0.717) is 11.3 Å². The van der Waals surface area contributed by atoms with Crippen molar-refractivity contribution in [1.82, 2.24) is 14.7 Å². The third-order valence-corrected chi connectivity index (χ3v) is 5.83. The number of alkyl halides is 3. The van der Waals surface area contributed by atoms with Crippen LogP contribution in [0.5, 0.6) is 0 Å². The van der Waals surface area contributed by atoms with Gasteiger partial charge in [0, 0.05) is 18.0 Å². The minimum Gasteiger partial charge on any atom is -0.261 e. The van der Waals surface area contributed by atoms with E-state index in [0.717, 1.165) is 0 Å². The number of benzene rings is 1. The molecule has 0 saturated heterocycles. The molecule has 10 heteroatoms. The first-order valence-corrected chi connectivity index (χ1v) is 9.32. The highest BCUT2D eigenvalue weighted by Crippen LogP contribution is 2.42. The Balaban J connectivity index is 2.50. The maximum atomic E-state index is 13.6. The Kier molecular flexibility index (Phi) is 6.32. The van der Waals surface area contributed by atoms with Crippen LogP contribution in [0.25, 0.3) is 11.3 Å². The summed E-state index contributed by atoms with van der Waals surface area (Å²) in [6, 6.07) is 0.348. The third kappa shape index (κ3) is 4.73. The van der Waals surface area contributed by atoms with E-state index in [9.17, 15) is 17.4 Å². The summed E-state index contributed by atoms with van der Waals surface area (Å²) in [6.07, 6.45) is -0.411. The lowest BCUT2D eigenvalue weighted by Crippen LogP contribution is -2.41. The molecule has 0 fully saturated rings. The van der Waals surface area contributed by atoms with E-state index >= 15 is 0 Å². The smallest absolute Gasteiger partial charge is 0.261 e. The van der Waals surface area contributed by atoms with Gasteiger partial charge in [-0.05, 0) is 26.3 Å². The van der Waals surface area contributed by atoms with Crippen molar-refractivity contribution in [2.24, 2.45) is 0 Å². The summed E-state index contributed by atoms with van der Waals surface area (Å²) >= 11 is 12.3. The van der Waals surface area contributed by atoms with Crippen LogP contribution in [0.3, 0.4) is 0 Å². The zero-order valence-corrected chi connectivity index (χ0v) is 16.4. The van der Waals surface area contributed by atoms with E-state index in [1.165, 1.54) is 30.7 Å². The standard InChI is InChI=1S/C16H16Cl2F3N3OS/c1-15(2,3)26(25)24-14(16(19,20)21)10-5-4-9(12(17)13(10)18)11-8-22-6-7-23-11/h4-8,14,24H,1-3H3/t14-,26+/m1/s1. The van der Waals surface area contributed by atoms with Crippen LogP contribution in [0.4, 0.5) is 13.2 Å². The summed E-state index contributed by atoms with van der Waals surface area (Å²) in [6.45, 7) is 4.69. The highest BCUT2D eigenvalue weighted by molar-refractivity contribution is 7.84. The van der Waals surface area contributed by atoms with Gasteiger partial charge in [-0.1, -0.05) is 35.3 Å². The highest BCUT2D eigenvalue weighted by Gasteiger charge is 2.44. The quantitative estimate of drug-likeness (QED) is 0.740. The molecule has 26 heavy (non-hydrogen) atoms. The Labute approximate surface area is 161 Å². The van der Waals surface area contributed by atoms with Crippen LogP contribution >= 0.6 is 23.2 Å². The fourth-order valence-corrected chi connectivity index (χ4v) is 3.38. The van der Waals surface area contributed by atoms with Crippen LogP contribution in [-0.2, 0) is 11.0 Å². The van der Waals surface area contributed by atoms with Gasteiger partial charge in [0.2, 0.25) is 0 Å². The van der Waals surface area contributed by atoms with E-state index in [1.807, 2.05) is 0 Å². The molecule has 0 aliphatic heterocycles. The predicted molar refractivity (Wildman–Crippen MR) is 97.3 cm³/mol. The Bertz CT molecular complexity index is 811. The number of nitrogens with zero attached hydrogens (tertiary/aromatic N) is 2. The van der Waals surface area contributed by atoms with Crippen molar-refractivity contribution in [2.75, 3.05) is 0 Å². The average molecular weight is 426 g/mol.